The fourth-order valence-corrected chi connectivity index (χ4v) is 4.38. The first-order valence-electron chi connectivity index (χ1n) is 12.7. The van der Waals surface area contributed by atoms with Gasteiger partial charge in [0.25, 0.3) is 5.91 Å². The van der Waals surface area contributed by atoms with Crippen molar-refractivity contribution in [3.8, 4) is 23.1 Å². The van der Waals surface area contributed by atoms with Crippen LogP contribution in [0, 0.1) is 18.6 Å². The van der Waals surface area contributed by atoms with Gasteiger partial charge in [-0.05, 0) is 67.1 Å². The first-order chi connectivity index (χ1) is 19.4. The number of amides is 1. The van der Waals surface area contributed by atoms with E-state index in [0.29, 0.717) is 34.2 Å². The predicted octanol–water partition coefficient (Wildman–Crippen LogP) is 7.10. The van der Waals surface area contributed by atoms with Gasteiger partial charge >= 0.3 is 0 Å². The Kier molecular flexibility index (Phi) is 7.87. The Labute approximate surface area is 231 Å². The summed E-state index contributed by atoms with van der Waals surface area (Å²) in [6.45, 7) is 2.09. The highest BCUT2D eigenvalue weighted by Gasteiger charge is 2.25. The van der Waals surface area contributed by atoms with Crippen molar-refractivity contribution < 1.29 is 23.0 Å². The topological polar surface area (TPSA) is 56.6 Å². The lowest BCUT2D eigenvalue weighted by atomic mass is 10.1. The van der Waals surface area contributed by atoms with E-state index in [1.807, 2.05) is 49.4 Å². The van der Waals surface area contributed by atoms with E-state index in [2.05, 4.69) is 0 Å². The van der Waals surface area contributed by atoms with Crippen molar-refractivity contribution >= 4 is 5.91 Å². The molecule has 0 unspecified atom stereocenters. The van der Waals surface area contributed by atoms with Gasteiger partial charge < -0.3 is 14.4 Å². The second-order valence-corrected chi connectivity index (χ2v) is 9.17. The highest BCUT2D eigenvalue weighted by Crippen LogP contribution is 2.36. The zero-order valence-corrected chi connectivity index (χ0v) is 22.1. The smallest absolute Gasteiger partial charge is 0.254 e. The number of benzene rings is 4. The highest BCUT2D eigenvalue weighted by atomic mass is 19.1. The summed E-state index contributed by atoms with van der Waals surface area (Å²) in [7, 11) is 1.56. The average Bonchev–Trinajstić information content (AvgIpc) is 3.28. The van der Waals surface area contributed by atoms with Gasteiger partial charge in [-0.25, -0.2) is 13.5 Å². The number of carbonyl (C=O) groups is 1. The molecule has 4 aromatic carbocycles. The van der Waals surface area contributed by atoms with Gasteiger partial charge in [-0.2, -0.15) is 5.10 Å². The van der Waals surface area contributed by atoms with Crippen molar-refractivity contribution in [1.82, 2.24) is 14.7 Å². The Morgan fingerprint density at radius 3 is 2.23 bits per heavy atom. The first kappa shape index (κ1) is 26.6. The van der Waals surface area contributed by atoms with Crippen molar-refractivity contribution in [2.24, 2.45) is 0 Å². The molecule has 5 aromatic rings. The van der Waals surface area contributed by atoms with Gasteiger partial charge in [0.05, 0.1) is 30.6 Å². The molecule has 0 saturated carbocycles. The summed E-state index contributed by atoms with van der Waals surface area (Å²) >= 11 is 0. The van der Waals surface area contributed by atoms with E-state index in [4.69, 9.17) is 14.6 Å². The molecular weight excluding hydrogens is 512 g/mol. The van der Waals surface area contributed by atoms with Gasteiger partial charge in [-0.15, -0.1) is 0 Å². The summed E-state index contributed by atoms with van der Waals surface area (Å²) < 4.78 is 41.3. The predicted molar refractivity (Wildman–Crippen MR) is 148 cm³/mol. The van der Waals surface area contributed by atoms with Crippen LogP contribution >= 0.6 is 0 Å². The van der Waals surface area contributed by atoms with Crippen molar-refractivity contribution in [3.05, 3.63) is 137 Å². The molecule has 0 radical (unpaired) electrons. The van der Waals surface area contributed by atoms with Crippen LogP contribution in [0.1, 0.15) is 27.2 Å². The van der Waals surface area contributed by atoms with Crippen molar-refractivity contribution in [3.63, 3.8) is 0 Å². The van der Waals surface area contributed by atoms with Crippen LogP contribution in [0.25, 0.3) is 5.69 Å². The zero-order chi connectivity index (χ0) is 28.1. The van der Waals surface area contributed by atoms with Crippen molar-refractivity contribution in [2.45, 2.75) is 20.0 Å². The number of hydrogen-bond acceptors (Lipinski definition) is 4. The van der Waals surface area contributed by atoms with Gasteiger partial charge in [0.15, 0.2) is 11.5 Å². The molecule has 0 bridgehead atoms. The molecule has 8 heteroatoms. The Hall–Kier alpha value is -4.98. The number of methoxy groups -OCH3 is 1. The summed E-state index contributed by atoms with van der Waals surface area (Å²) in [5, 5.41) is 4.75. The van der Waals surface area contributed by atoms with Crippen LogP contribution in [0.15, 0.2) is 103 Å². The van der Waals surface area contributed by atoms with Crippen LogP contribution in [-0.2, 0) is 13.1 Å². The van der Waals surface area contributed by atoms with E-state index in [0.717, 1.165) is 5.69 Å². The third-order valence-corrected chi connectivity index (χ3v) is 6.41. The van der Waals surface area contributed by atoms with Crippen LogP contribution in [0.2, 0.25) is 0 Å². The fourth-order valence-electron chi connectivity index (χ4n) is 4.38. The molecule has 0 aliphatic carbocycles. The molecule has 1 aromatic heterocycles. The molecule has 5 rings (SSSR count). The Balaban J connectivity index is 1.60. The minimum atomic E-state index is -0.513. The number of aryl methyl sites for hydroxylation is 1. The molecule has 1 amide bonds. The minimum absolute atomic E-state index is 0.0931. The van der Waals surface area contributed by atoms with Crippen LogP contribution < -0.4 is 9.47 Å². The average molecular weight is 540 g/mol. The summed E-state index contributed by atoms with van der Waals surface area (Å²) in [5.74, 6) is 0.138. The van der Waals surface area contributed by atoms with Crippen LogP contribution in [0.3, 0.4) is 0 Å². The monoisotopic (exact) mass is 539 g/mol. The number of ether oxygens (including phenoxy) is 2. The molecule has 0 spiro atoms. The van der Waals surface area contributed by atoms with E-state index >= 15 is 0 Å². The van der Waals surface area contributed by atoms with Gasteiger partial charge in [0, 0.05) is 12.1 Å². The Morgan fingerprint density at radius 1 is 0.825 bits per heavy atom. The van der Waals surface area contributed by atoms with E-state index < -0.39 is 5.82 Å². The van der Waals surface area contributed by atoms with Gasteiger partial charge in [0.1, 0.15) is 11.6 Å². The van der Waals surface area contributed by atoms with Crippen LogP contribution in [0.4, 0.5) is 8.78 Å². The summed E-state index contributed by atoms with van der Waals surface area (Å²) in [6, 6.07) is 28.2. The van der Waals surface area contributed by atoms with Crippen LogP contribution in [-0.4, -0.2) is 27.7 Å². The van der Waals surface area contributed by atoms with E-state index in [9.17, 15) is 13.6 Å². The van der Waals surface area contributed by atoms with E-state index in [-0.39, 0.29) is 30.4 Å². The number of para-hydroxylation sites is 3. The van der Waals surface area contributed by atoms with E-state index in [1.165, 1.54) is 30.3 Å². The largest absolute Gasteiger partial charge is 0.493 e. The molecule has 0 aliphatic rings. The molecule has 0 aliphatic heterocycles. The minimum Gasteiger partial charge on any atom is -0.493 e. The summed E-state index contributed by atoms with van der Waals surface area (Å²) in [6.07, 6.45) is 0. The third-order valence-electron chi connectivity index (χ3n) is 6.41. The third kappa shape index (κ3) is 5.86. The summed E-state index contributed by atoms with van der Waals surface area (Å²) in [4.78, 5) is 15.3. The van der Waals surface area contributed by atoms with Crippen molar-refractivity contribution in [2.75, 3.05) is 7.11 Å². The molecule has 6 nitrogen and oxygen atoms in total. The van der Waals surface area contributed by atoms with Gasteiger partial charge in [-0.1, -0.05) is 48.5 Å². The number of hydrogen-bond donors (Lipinski definition) is 0. The zero-order valence-electron chi connectivity index (χ0n) is 22.1. The lowest BCUT2D eigenvalue weighted by molar-refractivity contribution is 0.0728. The molecule has 40 heavy (non-hydrogen) atoms. The number of halogens is 2. The lowest BCUT2D eigenvalue weighted by Gasteiger charge is -2.24. The molecule has 0 N–H and O–H groups in total. The van der Waals surface area contributed by atoms with E-state index in [1.54, 1.807) is 47.0 Å². The second kappa shape index (κ2) is 11.8. The number of nitrogens with zero attached hydrogens (tertiary/aromatic N) is 3. The maximum absolute atomic E-state index is 14.1. The Morgan fingerprint density at radius 2 is 1.52 bits per heavy atom. The molecule has 1 heterocycles. The highest BCUT2D eigenvalue weighted by molar-refractivity contribution is 5.94. The molecular formula is C32H27F2N3O3. The molecule has 0 atom stereocenters. The normalized spacial score (nSPS) is 10.8. The van der Waals surface area contributed by atoms with Gasteiger partial charge in [-0.3, -0.25) is 4.79 Å². The number of rotatable bonds is 9. The quantitative estimate of drug-likeness (QED) is 0.200. The van der Waals surface area contributed by atoms with Crippen molar-refractivity contribution in [1.29, 1.82) is 0 Å². The number of aromatic nitrogens is 2. The van der Waals surface area contributed by atoms with Crippen LogP contribution in [0.5, 0.6) is 17.4 Å². The second-order valence-electron chi connectivity index (χ2n) is 9.17. The first-order valence-corrected chi connectivity index (χ1v) is 12.7. The fraction of sp³-hybridized carbons (Fsp3) is 0.125. The standard InChI is InChI=1S/C32H27F2N3O3/c1-22-28(21-36(20-23-15-17-25(33)18-16-23)31(38)24-9-8-10-26(34)19-24)32(37(35-22)27-11-4-3-5-12-27)40-30-14-7-6-13-29(30)39-2/h3-19H,20-21H2,1-2H3. The van der Waals surface area contributed by atoms with Gasteiger partial charge in [0.2, 0.25) is 5.88 Å². The molecule has 0 fully saturated rings. The number of carbonyl (C=O) groups excluding carboxylic acids is 1. The maximum Gasteiger partial charge on any atom is 0.254 e. The SMILES string of the molecule is COc1ccccc1Oc1c(CN(Cc2ccc(F)cc2)C(=O)c2cccc(F)c2)c(C)nn1-c1ccccc1. The molecule has 202 valence electrons. The lowest BCUT2D eigenvalue weighted by Crippen LogP contribution is -2.30. The summed E-state index contributed by atoms with van der Waals surface area (Å²) in [5.41, 5.74) is 2.98. The Bertz CT molecular complexity index is 1620. The maximum atomic E-state index is 14.1. The molecule has 0 saturated heterocycles.